The smallest absolute Gasteiger partial charge is 0.203 e. The molecule has 111 heavy (non-hydrogen) atoms. The van der Waals surface area contributed by atoms with Crippen LogP contribution in [0.3, 0.4) is 0 Å². The minimum absolute atomic E-state index is 0.191. The number of unbranched alkanes of at least 4 members (excludes halogenated alkanes) is 30. The number of hydrogen-bond donors (Lipinski definition) is 0. The zero-order valence-corrected chi connectivity index (χ0v) is 68.6. The van der Waals surface area contributed by atoms with Gasteiger partial charge in [-0.05, 0) is 138 Å². The molecule has 0 fully saturated rings. The maximum absolute atomic E-state index is 14.2. The second-order valence-electron chi connectivity index (χ2n) is 30.4. The molecule has 0 saturated heterocycles. The molecule has 0 bridgehead atoms. The first-order valence-corrected chi connectivity index (χ1v) is 43.5. The minimum Gasteiger partial charge on any atom is -0.490 e. The fraction of sp³-hybridized carbons (Fsp3) is 0.515. The van der Waals surface area contributed by atoms with Crippen LogP contribution in [0.15, 0.2) is 146 Å². The number of rotatable bonds is 60. The Hall–Kier alpha value is -8.64. The van der Waals surface area contributed by atoms with Crippen molar-refractivity contribution in [1.29, 1.82) is 0 Å². The van der Waals surface area contributed by atoms with Crippen LogP contribution in [0.4, 0.5) is 0 Å². The highest BCUT2D eigenvalue weighted by Crippen LogP contribution is 2.45. The van der Waals surface area contributed by atoms with Gasteiger partial charge < -0.3 is 47.4 Å². The summed E-state index contributed by atoms with van der Waals surface area (Å²) in [7, 11) is 0. The standard InChI is InChI=1S/C99H132O12/c1-7-13-19-25-31-41-59-102-90-67-77(68-91(103-60-42-32-26-20-14-8-2)98(90)106-63-45-35-29-23-17-11-5)74-109-84-65-76(66-85(72-84)110-75-78-69-92(104-61-43-33-27-21-15-9-3)99(107-64-46-36-30-24-18-12-6)93(70-78)105-62-44-34-28-22-16-10-4)73-108-82-55-51-79(52-56-82)80-53-57-83(58-54-80)111-97-86-48-38-37-47-81(86)71-89-94(97)96(101)88-50-40-39-49-87(88)95(89)100/h37-40,47-58,65-72H,7-36,41-46,59-64,73-75H2,1-6H3. The summed E-state index contributed by atoms with van der Waals surface area (Å²) in [6.45, 7) is 17.8. The number of fused-ring (bicyclic) bond motifs is 3. The molecule has 8 aromatic carbocycles. The van der Waals surface area contributed by atoms with E-state index in [-0.39, 0.29) is 37.0 Å². The first-order chi connectivity index (χ1) is 54.7. The van der Waals surface area contributed by atoms with Crippen LogP contribution >= 0.6 is 0 Å². The number of hydrogen-bond acceptors (Lipinski definition) is 12. The fourth-order valence-electron chi connectivity index (χ4n) is 14.5. The lowest BCUT2D eigenvalue weighted by Gasteiger charge is -2.22. The van der Waals surface area contributed by atoms with Gasteiger partial charge >= 0.3 is 0 Å². The zero-order valence-electron chi connectivity index (χ0n) is 68.6. The van der Waals surface area contributed by atoms with Crippen LogP contribution < -0.4 is 47.4 Å². The Morgan fingerprint density at radius 3 is 0.946 bits per heavy atom. The van der Waals surface area contributed by atoms with Crippen LogP contribution in [0.25, 0.3) is 21.9 Å². The van der Waals surface area contributed by atoms with Crippen molar-refractivity contribution in [3.63, 3.8) is 0 Å². The highest BCUT2D eigenvalue weighted by Gasteiger charge is 2.34. The molecule has 12 heteroatoms. The Labute approximate surface area is 666 Å². The summed E-state index contributed by atoms with van der Waals surface area (Å²) in [5.41, 5.74) is 6.04. The van der Waals surface area contributed by atoms with Gasteiger partial charge in [0.1, 0.15) is 48.6 Å². The van der Waals surface area contributed by atoms with E-state index in [2.05, 4.69) is 65.8 Å². The van der Waals surface area contributed by atoms with Gasteiger partial charge in [-0.3, -0.25) is 9.59 Å². The summed E-state index contributed by atoms with van der Waals surface area (Å²) in [5, 5.41) is 1.57. The molecule has 0 unspecified atom stereocenters. The Bertz CT molecular complexity index is 3780. The lowest BCUT2D eigenvalue weighted by molar-refractivity contribution is 0.0977. The Balaban J connectivity index is 0.988. The lowest BCUT2D eigenvalue weighted by Crippen LogP contribution is -2.21. The van der Waals surface area contributed by atoms with Crippen molar-refractivity contribution in [2.24, 2.45) is 0 Å². The van der Waals surface area contributed by atoms with Gasteiger partial charge in [-0.1, -0.05) is 307 Å². The second kappa shape index (κ2) is 50.4. The summed E-state index contributed by atoms with van der Waals surface area (Å²) >= 11 is 0. The first kappa shape index (κ1) is 86.3. The third-order valence-electron chi connectivity index (χ3n) is 21.0. The fourth-order valence-corrected chi connectivity index (χ4v) is 14.5. The average Bonchev–Trinajstić information content (AvgIpc) is 0.733. The summed E-state index contributed by atoms with van der Waals surface area (Å²) in [4.78, 5) is 28.1. The summed E-state index contributed by atoms with van der Waals surface area (Å²) in [6.07, 6.45) is 42.0. The van der Waals surface area contributed by atoms with Crippen LogP contribution in [-0.2, 0) is 19.8 Å². The van der Waals surface area contributed by atoms with Crippen molar-refractivity contribution >= 4 is 22.3 Å². The van der Waals surface area contributed by atoms with Crippen molar-refractivity contribution in [2.75, 3.05) is 39.6 Å². The summed E-state index contributed by atoms with van der Waals surface area (Å²) in [6, 6.07) is 46.8. The largest absolute Gasteiger partial charge is 0.490 e. The van der Waals surface area contributed by atoms with E-state index < -0.39 is 0 Å². The van der Waals surface area contributed by atoms with E-state index in [4.69, 9.17) is 47.4 Å². The van der Waals surface area contributed by atoms with Gasteiger partial charge in [-0.15, -0.1) is 0 Å². The molecular formula is C99H132O12. The van der Waals surface area contributed by atoms with Crippen LogP contribution in [0.2, 0.25) is 0 Å². The van der Waals surface area contributed by atoms with E-state index in [1.165, 1.54) is 154 Å². The topological polar surface area (TPSA) is 126 Å². The Morgan fingerprint density at radius 1 is 0.243 bits per heavy atom. The van der Waals surface area contributed by atoms with Gasteiger partial charge in [-0.2, -0.15) is 0 Å². The molecule has 9 rings (SSSR count). The van der Waals surface area contributed by atoms with Crippen molar-refractivity contribution in [3.05, 3.63) is 185 Å². The number of ketones is 2. The van der Waals surface area contributed by atoms with Gasteiger partial charge in [0.25, 0.3) is 0 Å². The third kappa shape index (κ3) is 28.8. The summed E-state index contributed by atoms with van der Waals surface area (Å²) in [5.74, 6) is 6.57. The summed E-state index contributed by atoms with van der Waals surface area (Å²) < 4.78 is 67.6. The highest BCUT2D eigenvalue weighted by molar-refractivity contribution is 6.31. The molecule has 0 spiro atoms. The van der Waals surface area contributed by atoms with Crippen molar-refractivity contribution in [2.45, 2.75) is 293 Å². The molecule has 600 valence electrons. The van der Waals surface area contributed by atoms with E-state index in [0.717, 1.165) is 116 Å². The minimum atomic E-state index is -0.230. The molecular weight excluding hydrogens is 1380 g/mol. The molecule has 8 aromatic rings. The monoisotopic (exact) mass is 1510 g/mol. The molecule has 0 saturated carbocycles. The molecule has 12 nitrogen and oxygen atoms in total. The number of benzene rings is 8. The molecule has 0 atom stereocenters. The SMILES string of the molecule is CCCCCCCCOc1cc(COc2cc(COc3ccc(-c4ccc(Oc5c6c(cc7ccccc57)C(=O)c5ccccc5C6=O)cc4)cc3)cc(OCc3cc(OCCCCCCCC)c(OCCCCCCCC)c(OCCCCCCCC)c3)c2)cc(OCCCCCCCC)c1OCCCCCCCC. The maximum atomic E-state index is 14.2. The van der Waals surface area contributed by atoms with Crippen molar-refractivity contribution in [3.8, 4) is 74.4 Å². The molecule has 0 N–H and O–H groups in total. The van der Waals surface area contributed by atoms with E-state index in [0.29, 0.717) is 120 Å². The zero-order chi connectivity index (χ0) is 77.7. The van der Waals surface area contributed by atoms with Gasteiger partial charge in [0.2, 0.25) is 11.5 Å². The highest BCUT2D eigenvalue weighted by atomic mass is 16.6. The molecule has 0 aliphatic heterocycles. The lowest BCUT2D eigenvalue weighted by atomic mass is 9.82. The molecule has 0 radical (unpaired) electrons. The van der Waals surface area contributed by atoms with E-state index in [1.54, 1.807) is 24.3 Å². The first-order valence-electron chi connectivity index (χ1n) is 43.5. The van der Waals surface area contributed by atoms with Crippen molar-refractivity contribution < 1.29 is 57.0 Å². The van der Waals surface area contributed by atoms with Gasteiger partial charge in [0, 0.05) is 28.1 Å². The number of ether oxygens (including phenoxy) is 10. The predicted molar refractivity (Wildman–Crippen MR) is 455 cm³/mol. The van der Waals surface area contributed by atoms with Gasteiger partial charge in [0.15, 0.2) is 34.6 Å². The maximum Gasteiger partial charge on any atom is 0.203 e. The predicted octanol–water partition coefficient (Wildman–Crippen LogP) is 28.2. The normalized spacial score (nSPS) is 11.7. The Kier molecular flexibility index (Phi) is 39.2. The average molecular weight is 1510 g/mol. The van der Waals surface area contributed by atoms with E-state index in [9.17, 15) is 9.59 Å². The van der Waals surface area contributed by atoms with E-state index in [1.807, 2.05) is 97.1 Å². The van der Waals surface area contributed by atoms with Gasteiger partial charge in [0.05, 0.1) is 45.2 Å². The second-order valence-corrected chi connectivity index (χ2v) is 30.4. The molecule has 1 aliphatic rings. The molecule has 1 aliphatic carbocycles. The Morgan fingerprint density at radius 2 is 0.559 bits per heavy atom. The third-order valence-corrected chi connectivity index (χ3v) is 21.0. The van der Waals surface area contributed by atoms with Crippen LogP contribution in [0.5, 0.6) is 63.2 Å². The van der Waals surface area contributed by atoms with Crippen LogP contribution in [0.1, 0.15) is 321 Å². The molecule has 0 amide bonds. The van der Waals surface area contributed by atoms with E-state index >= 15 is 0 Å². The number of carbonyl (C=O) groups is 2. The van der Waals surface area contributed by atoms with Crippen LogP contribution in [0, 0.1) is 0 Å². The van der Waals surface area contributed by atoms with Gasteiger partial charge in [-0.25, -0.2) is 0 Å². The van der Waals surface area contributed by atoms with Crippen LogP contribution in [-0.4, -0.2) is 51.2 Å². The quantitative estimate of drug-likeness (QED) is 0.0337. The number of carbonyl (C=O) groups excluding carboxylic acids is 2. The van der Waals surface area contributed by atoms with Crippen molar-refractivity contribution in [1.82, 2.24) is 0 Å². The molecule has 0 aromatic heterocycles. The molecule has 0 heterocycles.